The van der Waals surface area contributed by atoms with E-state index in [0.29, 0.717) is 13.1 Å². The number of aromatic nitrogens is 2. The lowest BCUT2D eigenvalue weighted by Crippen LogP contribution is -2.32. The van der Waals surface area contributed by atoms with Crippen LogP contribution in [0.1, 0.15) is 18.5 Å². The standard InChI is InChI=1S/C10H18N4O2/c1-8(9-6-13-14(2)7-9)11-4-5-12-10(15)16-3/h6-8,11H,4-5H2,1-3H3,(H,12,15). The largest absolute Gasteiger partial charge is 0.453 e. The molecule has 1 amide bonds. The predicted octanol–water partition coefficient (Wildman–Crippen LogP) is 0.427. The van der Waals surface area contributed by atoms with Gasteiger partial charge in [-0.3, -0.25) is 4.68 Å². The summed E-state index contributed by atoms with van der Waals surface area (Å²) in [4.78, 5) is 10.8. The van der Waals surface area contributed by atoms with Gasteiger partial charge in [0.25, 0.3) is 0 Å². The van der Waals surface area contributed by atoms with Crippen LogP contribution in [-0.2, 0) is 11.8 Å². The molecule has 1 rings (SSSR count). The van der Waals surface area contributed by atoms with E-state index in [1.165, 1.54) is 7.11 Å². The van der Waals surface area contributed by atoms with Crippen molar-refractivity contribution in [1.82, 2.24) is 20.4 Å². The average Bonchev–Trinajstić information content (AvgIpc) is 2.70. The summed E-state index contributed by atoms with van der Waals surface area (Å²) in [5.74, 6) is 0. The van der Waals surface area contributed by atoms with Crippen molar-refractivity contribution in [2.24, 2.45) is 7.05 Å². The van der Waals surface area contributed by atoms with Gasteiger partial charge < -0.3 is 15.4 Å². The van der Waals surface area contributed by atoms with Crippen LogP contribution in [-0.4, -0.2) is 36.1 Å². The fraction of sp³-hybridized carbons (Fsp3) is 0.600. The SMILES string of the molecule is COC(=O)NCCNC(C)c1cnn(C)c1. The first-order valence-corrected chi connectivity index (χ1v) is 5.17. The topological polar surface area (TPSA) is 68.2 Å². The Kier molecular flexibility index (Phi) is 4.78. The zero-order valence-corrected chi connectivity index (χ0v) is 9.86. The number of carbonyl (C=O) groups is 1. The number of carbonyl (C=O) groups excluding carboxylic acids is 1. The van der Waals surface area contributed by atoms with Gasteiger partial charge in [0.05, 0.1) is 13.3 Å². The average molecular weight is 226 g/mol. The van der Waals surface area contributed by atoms with Crippen LogP contribution >= 0.6 is 0 Å². The fourth-order valence-electron chi connectivity index (χ4n) is 1.31. The van der Waals surface area contributed by atoms with E-state index in [1.807, 2.05) is 19.4 Å². The van der Waals surface area contributed by atoms with Crippen LogP contribution in [0, 0.1) is 0 Å². The highest BCUT2D eigenvalue weighted by Gasteiger charge is 2.06. The van der Waals surface area contributed by atoms with E-state index in [0.717, 1.165) is 5.56 Å². The van der Waals surface area contributed by atoms with Crippen molar-refractivity contribution in [3.8, 4) is 0 Å². The molecule has 90 valence electrons. The lowest BCUT2D eigenvalue weighted by Gasteiger charge is -2.11. The van der Waals surface area contributed by atoms with Gasteiger partial charge in [-0.25, -0.2) is 4.79 Å². The third-order valence-corrected chi connectivity index (χ3v) is 2.26. The molecule has 0 fully saturated rings. The molecule has 2 N–H and O–H groups in total. The maximum Gasteiger partial charge on any atom is 0.406 e. The van der Waals surface area contributed by atoms with Crippen LogP contribution in [0.25, 0.3) is 0 Å². The normalized spacial score (nSPS) is 12.2. The van der Waals surface area contributed by atoms with Crippen LogP contribution in [0.2, 0.25) is 0 Å². The first-order chi connectivity index (χ1) is 7.63. The minimum Gasteiger partial charge on any atom is -0.453 e. The van der Waals surface area contributed by atoms with Crippen molar-refractivity contribution < 1.29 is 9.53 Å². The third-order valence-electron chi connectivity index (χ3n) is 2.26. The van der Waals surface area contributed by atoms with Crippen molar-refractivity contribution >= 4 is 6.09 Å². The number of nitrogens with one attached hydrogen (secondary N) is 2. The molecule has 1 atom stereocenters. The lowest BCUT2D eigenvalue weighted by atomic mass is 10.2. The van der Waals surface area contributed by atoms with Crippen LogP contribution in [0.5, 0.6) is 0 Å². The highest BCUT2D eigenvalue weighted by atomic mass is 16.5. The van der Waals surface area contributed by atoms with Crippen LogP contribution in [0.4, 0.5) is 4.79 Å². The van der Waals surface area contributed by atoms with E-state index in [-0.39, 0.29) is 6.04 Å². The molecule has 0 saturated carbocycles. The molecule has 0 radical (unpaired) electrons. The summed E-state index contributed by atoms with van der Waals surface area (Å²) in [5, 5.41) is 9.96. The van der Waals surface area contributed by atoms with E-state index < -0.39 is 6.09 Å². The molecule has 1 heterocycles. The number of methoxy groups -OCH3 is 1. The van der Waals surface area contributed by atoms with E-state index >= 15 is 0 Å². The number of hydrogen-bond donors (Lipinski definition) is 2. The highest BCUT2D eigenvalue weighted by molar-refractivity contribution is 5.66. The molecule has 0 aliphatic carbocycles. The molecule has 6 nitrogen and oxygen atoms in total. The Morgan fingerprint density at radius 1 is 1.62 bits per heavy atom. The highest BCUT2D eigenvalue weighted by Crippen LogP contribution is 2.09. The van der Waals surface area contributed by atoms with Crippen molar-refractivity contribution in [2.45, 2.75) is 13.0 Å². The van der Waals surface area contributed by atoms with Gasteiger partial charge in [0, 0.05) is 37.9 Å². The molecule has 0 bridgehead atoms. The Balaban J connectivity index is 2.20. The molecule has 1 aromatic heterocycles. The molecule has 0 spiro atoms. The van der Waals surface area contributed by atoms with Crippen molar-refractivity contribution in [3.05, 3.63) is 18.0 Å². The quantitative estimate of drug-likeness (QED) is 0.714. The minimum absolute atomic E-state index is 0.216. The van der Waals surface area contributed by atoms with Gasteiger partial charge >= 0.3 is 6.09 Å². The van der Waals surface area contributed by atoms with E-state index in [1.54, 1.807) is 4.68 Å². The maximum absolute atomic E-state index is 10.8. The second kappa shape index (κ2) is 6.12. The number of amides is 1. The number of rotatable bonds is 5. The number of hydrogen-bond acceptors (Lipinski definition) is 4. The molecular weight excluding hydrogens is 208 g/mol. The van der Waals surface area contributed by atoms with Gasteiger partial charge in [-0.15, -0.1) is 0 Å². The second-order valence-corrected chi connectivity index (χ2v) is 3.54. The first kappa shape index (κ1) is 12.5. The molecule has 0 aliphatic rings. The van der Waals surface area contributed by atoms with E-state index in [9.17, 15) is 4.79 Å². The van der Waals surface area contributed by atoms with Crippen LogP contribution in [0.3, 0.4) is 0 Å². The van der Waals surface area contributed by atoms with Crippen LogP contribution in [0.15, 0.2) is 12.4 Å². The zero-order valence-electron chi connectivity index (χ0n) is 9.86. The minimum atomic E-state index is -0.407. The summed E-state index contributed by atoms with van der Waals surface area (Å²) in [7, 11) is 3.23. The number of ether oxygens (including phenoxy) is 1. The molecule has 0 saturated heterocycles. The molecule has 1 unspecified atom stereocenters. The molecule has 6 heteroatoms. The second-order valence-electron chi connectivity index (χ2n) is 3.54. The van der Waals surface area contributed by atoms with Crippen molar-refractivity contribution in [1.29, 1.82) is 0 Å². The van der Waals surface area contributed by atoms with E-state index in [2.05, 4.69) is 27.4 Å². The molecular formula is C10H18N4O2. The summed E-state index contributed by atoms with van der Waals surface area (Å²) < 4.78 is 6.22. The summed E-state index contributed by atoms with van der Waals surface area (Å²) >= 11 is 0. The Morgan fingerprint density at radius 3 is 2.94 bits per heavy atom. The Bertz CT molecular complexity index is 337. The van der Waals surface area contributed by atoms with Crippen molar-refractivity contribution in [2.75, 3.05) is 20.2 Å². The van der Waals surface area contributed by atoms with Crippen molar-refractivity contribution in [3.63, 3.8) is 0 Å². The van der Waals surface area contributed by atoms with Gasteiger partial charge in [-0.2, -0.15) is 5.10 Å². The van der Waals surface area contributed by atoms with Gasteiger partial charge in [0.15, 0.2) is 0 Å². The summed E-state index contributed by atoms with van der Waals surface area (Å²) in [6.45, 7) is 3.28. The Hall–Kier alpha value is -1.56. The van der Waals surface area contributed by atoms with Gasteiger partial charge in [-0.1, -0.05) is 0 Å². The van der Waals surface area contributed by atoms with Gasteiger partial charge in [0.2, 0.25) is 0 Å². The first-order valence-electron chi connectivity index (χ1n) is 5.17. The fourth-order valence-corrected chi connectivity index (χ4v) is 1.31. The monoisotopic (exact) mass is 226 g/mol. The number of alkyl carbamates (subject to hydrolysis) is 1. The molecule has 1 aromatic rings. The van der Waals surface area contributed by atoms with Crippen LogP contribution < -0.4 is 10.6 Å². The molecule has 0 aliphatic heterocycles. The zero-order chi connectivity index (χ0) is 12.0. The van der Waals surface area contributed by atoms with Gasteiger partial charge in [-0.05, 0) is 6.92 Å². The molecule has 0 aromatic carbocycles. The number of nitrogens with zero attached hydrogens (tertiary/aromatic N) is 2. The summed E-state index contributed by atoms with van der Waals surface area (Å²) in [6, 6.07) is 0.216. The predicted molar refractivity (Wildman–Crippen MR) is 60.0 cm³/mol. The number of aryl methyl sites for hydroxylation is 1. The maximum atomic E-state index is 10.8. The molecule has 16 heavy (non-hydrogen) atoms. The third kappa shape index (κ3) is 3.90. The Morgan fingerprint density at radius 2 is 2.38 bits per heavy atom. The smallest absolute Gasteiger partial charge is 0.406 e. The Labute approximate surface area is 95.0 Å². The summed E-state index contributed by atoms with van der Waals surface area (Å²) in [6.07, 6.45) is 3.38. The van der Waals surface area contributed by atoms with E-state index in [4.69, 9.17) is 0 Å². The summed E-state index contributed by atoms with van der Waals surface area (Å²) in [5.41, 5.74) is 1.13. The lowest BCUT2D eigenvalue weighted by molar-refractivity contribution is 0.171. The van der Waals surface area contributed by atoms with Gasteiger partial charge in [0.1, 0.15) is 0 Å².